The van der Waals surface area contributed by atoms with E-state index in [1.807, 2.05) is 36.4 Å². The van der Waals surface area contributed by atoms with Gasteiger partial charge in [-0.25, -0.2) is 13.2 Å². The number of benzene rings is 3. The standard InChI is InChI=1S/C25H26N2O6S/c1-18(24(28)26-21-12-8-5-9-13-21)33-25(29)20-14-15-22(32-3)23(16-20)34(30,31)27(2)17-19-10-6-4-7-11-19/h4-16,18H,17H2,1-3H3,(H,26,28). The van der Waals surface area contributed by atoms with E-state index in [9.17, 15) is 18.0 Å². The van der Waals surface area contributed by atoms with Gasteiger partial charge in [0, 0.05) is 19.3 Å². The molecule has 0 fully saturated rings. The van der Waals surface area contributed by atoms with Gasteiger partial charge in [0.15, 0.2) is 6.10 Å². The minimum absolute atomic E-state index is 0.0214. The van der Waals surface area contributed by atoms with Crippen molar-refractivity contribution in [1.29, 1.82) is 0 Å². The molecular weight excluding hydrogens is 456 g/mol. The smallest absolute Gasteiger partial charge is 0.338 e. The van der Waals surface area contributed by atoms with Crippen LogP contribution in [-0.4, -0.2) is 44.9 Å². The fraction of sp³-hybridized carbons (Fsp3) is 0.200. The fourth-order valence-electron chi connectivity index (χ4n) is 3.15. The molecule has 0 radical (unpaired) electrons. The van der Waals surface area contributed by atoms with E-state index in [1.54, 1.807) is 24.3 Å². The lowest BCUT2D eigenvalue weighted by molar-refractivity contribution is -0.123. The Balaban J connectivity index is 1.78. The molecule has 9 heteroatoms. The number of hydrogen-bond acceptors (Lipinski definition) is 6. The molecule has 1 amide bonds. The number of amides is 1. The van der Waals surface area contributed by atoms with E-state index >= 15 is 0 Å². The SMILES string of the molecule is COc1ccc(C(=O)OC(C)C(=O)Nc2ccccc2)cc1S(=O)(=O)N(C)Cc1ccccc1. The van der Waals surface area contributed by atoms with Gasteiger partial charge >= 0.3 is 5.97 Å². The number of anilines is 1. The molecule has 3 aromatic rings. The number of hydrogen-bond donors (Lipinski definition) is 1. The Morgan fingerprint density at radius 2 is 1.59 bits per heavy atom. The summed E-state index contributed by atoms with van der Waals surface area (Å²) in [6.45, 7) is 1.57. The lowest BCUT2D eigenvalue weighted by Gasteiger charge is -2.20. The molecule has 1 unspecified atom stereocenters. The lowest BCUT2D eigenvalue weighted by Crippen LogP contribution is -2.30. The molecule has 178 valence electrons. The Bertz CT molecular complexity index is 1250. The zero-order chi connectivity index (χ0) is 24.7. The quantitative estimate of drug-likeness (QED) is 0.467. The maximum atomic E-state index is 13.3. The molecule has 0 spiro atoms. The van der Waals surface area contributed by atoms with Gasteiger partial charge in [-0.1, -0.05) is 48.5 Å². The molecule has 0 heterocycles. The highest BCUT2D eigenvalue weighted by Gasteiger charge is 2.27. The molecular formula is C25H26N2O6S. The average Bonchev–Trinajstić information content (AvgIpc) is 2.84. The number of ether oxygens (including phenoxy) is 2. The maximum absolute atomic E-state index is 13.3. The van der Waals surface area contributed by atoms with Gasteiger partial charge in [0.25, 0.3) is 5.91 Å². The minimum atomic E-state index is -4.00. The van der Waals surface area contributed by atoms with Crippen molar-refractivity contribution in [2.75, 3.05) is 19.5 Å². The Labute approximate surface area is 199 Å². The Morgan fingerprint density at radius 3 is 2.21 bits per heavy atom. The number of carbonyl (C=O) groups is 2. The second-order valence-corrected chi connectivity index (χ2v) is 9.53. The summed E-state index contributed by atoms with van der Waals surface area (Å²) in [5.41, 5.74) is 1.35. The van der Waals surface area contributed by atoms with Gasteiger partial charge in [0.1, 0.15) is 10.6 Å². The molecule has 0 aliphatic rings. The first kappa shape index (κ1) is 24.9. The molecule has 0 saturated heterocycles. The van der Waals surface area contributed by atoms with Crippen LogP contribution in [0.3, 0.4) is 0 Å². The van der Waals surface area contributed by atoms with Crippen LogP contribution in [0.25, 0.3) is 0 Å². The summed E-state index contributed by atoms with van der Waals surface area (Å²) < 4.78 is 38.2. The van der Waals surface area contributed by atoms with E-state index in [-0.39, 0.29) is 22.8 Å². The van der Waals surface area contributed by atoms with Crippen molar-refractivity contribution >= 4 is 27.6 Å². The number of methoxy groups -OCH3 is 1. The number of esters is 1. The van der Waals surface area contributed by atoms with E-state index < -0.39 is 28.0 Å². The maximum Gasteiger partial charge on any atom is 0.338 e. The number of carbonyl (C=O) groups excluding carboxylic acids is 2. The molecule has 3 rings (SSSR count). The molecule has 0 saturated carbocycles. The second kappa shape index (κ2) is 11.0. The summed E-state index contributed by atoms with van der Waals surface area (Å²) in [5, 5.41) is 2.65. The third-order valence-electron chi connectivity index (χ3n) is 5.03. The normalized spacial score (nSPS) is 12.1. The summed E-state index contributed by atoms with van der Waals surface area (Å²) >= 11 is 0. The first-order valence-electron chi connectivity index (χ1n) is 10.5. The van der Waals surface area contributed by atoms with Gasteiger partial charge in [-0.2, -0.15) is 4.31 Å². The van der Waals surface area contributed by atoms with E-state index in [0.717, 1.165) is 5.56 Å². The summed E-state index contributed by atoms with van der Waals surface area (Å²) in [6.07, 6.45) is -1.10. The van der Waals surface area contributed by atoms with Crippen LogP contribution < -0.4 is 10.1 Å². The van der Waals surface area contributed by atoms with Gasteiger partial charge in [-0.05, 0) is 42.8 Å². The van der Waals surface area contributed by atoms with Crippen LogP contribution in [0.5, 0.6) is 5.75 Å². The second-order valence-electron chi connectivity index (χ2n) is 7.52. The molecule has 0 aliphatic carbocycles. The topological polar surface area (TPSA) is 102 Å². The molecule has 0 aliphatic heterocycles. The van der Waals surface area contributed by atoms with E-state index in [2.05, 4.69) is 5.32 Å². The lowest BCUT2D eigenvalue weighted by atomic mass is 10.2. The minimum Gasteiger partial charge on any atom is -0.495 e. The zero-order valence-corrected chi connectivity index (χ0v) is 19.9. The number of nitrogens with one attached hydrogen (secondary N) is 1. The van der Waals surface area contributed by atoms with Crippen molar-refractivity contribution in [3.05, 3.63) is 90.0 Å². The fourth-order valence-corrected chi connectivity index (χ4v) is 4.48. The van der Waals surface area contributed by atoms with Gasteiger partial charge in [-0.3, -0.25) is 4.79 Å². The molecule has 1 N–H and O–H groups in total. The highest BCUT2D eigenvalue weighted by atomic mass is 32.2. The van der Waals surface area contributed by atoms with Crippen LogP contribution in [0.4, 0.5) is 5.69 Å². The Morgan fingerprint density at radius 1 is 0.971 bits per heavy atom. The Hall–Kier alpha value is -3.69. The van der Waals surface area contributed by atoms with E-state index in [0.29, 0.717) is 5.69 Å². The monoisotopic (exact) mass is 482 g/mol. The molecule has 3 aromatic carbocycles. The van der Waals surface area contributed by atoms with Gasteiger partial charge in [0.2, 0.25) is 10.0 Å². The molecule has 0 bridgehead atoms. The summed E-state index contributed by atoms with van der Waals surface area (Å²) in [5.74, 6) is -1.25. The van der Waals surface area contributed by atoms with Crippen LogP contribution in [0.15, 0.2) is 83.8 Å². The molecule has 1 atom stereocenters. The van der Waals surface area contributed by atoms with Crippen LogP contribution in [0.2, 0.25) is 0 Å². The third kappa shape index (κ3) is 6.00. The van der Waals surface area contributed by atoms with Crippen LogP contribution >= 0.6 is 0 Å². The summed E-state index contributed by atoms with van der Waals surface area (Å²) in [6, 6.07) is 21.8. The molecule has 0 aromatic heterocycles. The average molecular weight is 483 g/mol. The number of nitrogens with zero attached hydrogens (tertiary/aromatic N) is 1. The summed E-state index contributed by atoms with van der Waals surface area (Å²) in [7, 11) is -1.21. The highest BCUT2D eigenvalue weighted by Crippen LogP contribution is 2.28. The van der Waals surface area contributed by atoms with Crippen LogP contribution in [0, 0.1) is 0 Å². The molecule has 34 heavy (non-hydrogen) atoms. The van der Waals surface area contributed by atoms with Crippen molar-refractivity contribution in [2.45, 2.75) is 24.5 Å². The highest BCUT2D eigenvalue weighted by molar-refractivity contribution is 7.89. The largest absolute Gasteiger partial charge is 0.495 e. The van der Waals surface area contributed by atoms with Crippen LogP contribution in [0.1, 0.15) is 22.8 Å². The number of para-hydroxylation sites is 1. The zero-order valence-electron chi connectivity index (χ0n) is 19.1. The summed E-state index contributed by atoms with van der Waals surface area (Å²) in [4.78, 5) is 24.9. The van der Waals surface area contributed by atoms with E-state index in [1.165, 1.54) is 43.6 Å². The third-order valence-corrected chi connectivity index (χ3v) is 6.85. The van der Waals surface area contributed by atoms with Crippen molar-refractivity contribution in [2.24, 2.45) is 0 Å². The van der Waals surface area contributed by atoms with Crippen molar-refractivity contribution in [1.82, 2.24) is 4.31 Å². The predicted molar refractivity (Wildman–Crippen MR) is 128 cm³/mol. The van der Waals surface area contributed by atoms with Crippen molar-refractivity contribution < 1.29 is 27.5 Å². The van der Waals surface area contributed by atoms with Crippen molar-refractivity contribution in [3.8, 4) is 5.75 Å². The van der Waals surface area contributed by atoms with Crippen molar-refractivity contribution in [3.63, 3.8) is 0 Å². The molecule has 8 nitrogen and oxygen atoms in total. The van der Waals surface area contributed by atoms with Crippen LogP contribution in [-0.2, 0) is 26.1 Å². The van der Waals surface area contributed by atoms with E-state index in [4.69, 9.17) is 9.47 Å². The predicted octanol–water partition coefficient (Wildman–Crippen LogP) is 3.70. The van der Waals surface area contributed by atoms with Gasteiger partial charge in [-0.15, -0.1) is 0 Å². The first-order chi connectivity index (χ1) is 16.2. The number of sulfonamides is 1. The Kier molecular flexibility index (Phi) is 8.04. The number of rotatable bonds is 9. The van der Waals surface area contributed by atoms with Gasteiger partial charge < -0.3 is 14.8 Å². The van der Waals surface area contributed by atoms with Gasteiger partial charge in [0.05, 0.1) is 12.7 Å². The first-order valence-corrected chi connectivity index (χ1v) is 11.9.